The van der Waals surface area contributed by atoms with Gasteiger partial charge >= 0.3 is 6.09 Å². The van der Waals surface area contributed by atoms with Crippen LogP contribution in [0.25, 0.3) is 0 Å². The fourth-order valence-electron chi connectivity index (χ4n) is 6.39. The number of aldehydes is 1. The number of hydrogen-bond donors (Lipinski definition) is 1. The van der Waals surface area contributed by atoms with Gasteiger partial charge in [-0.2, -0.15) is 0 Å². The molecule has 1 N–H and O–H groups in total. The van der Waals surface area contributed by atoms with Crippen LogP contribution in [0, 0.1) is 11.7 Å². The van der Waals surface area contributed by atoms with E-state index in [1.54, 1.807) is 18.1 Å². The molecule has 2 aliphatic heterocycles. The molecule has 4 unspecified atom stereocenters. The highest BCUT2D eigenvalue weighted by Crippen LogP contribution is 2.38. The standard InChI is InChI=1S/C20H33FN4O2S.C16H21ClO2/c1-6-11-28-25-10-9-24(19(26)27-20(2,3)4)14-15(25)7-8-16-17(21)12-23-13-18(16)22-5;1-11-9-14(10-12(2)19-11)16(7-8-18)13-3-5-15(17)6-4-13/h12-13,15,22H,6-11,14H2,1-5H3;3-6,8,11-12,14,16H,7,9-10H2,1-2H3. The highest BCUT2D eigenvalue weighted by atomic mass is 35.5. The number of piperazine rings is 1. The Hall–Kier alpha value is -2.40. The van der Waals surface area contributed by atoms with Crippen molar-refractivity contribution < 1.29 is 23.5 Å². The average Bonchev–Trinajstić information content (AvgIpc) is 3.01. The van der Waals surface area contributed by atoms with Crippen molar-refractivity contribution in [3.8, 4) is 0 Å². The van der Waals surface area contributed by atoms with Gasteiger partial charge in [-0.3, -0.25) is 4.98 Å². The van der Waals surface area contributed by atoms with Crippen molar-refractivity contribution >= 4 is 41.6 Å². The van der Waals surface area contributed by atoms with E-state index >= 15 is 0 Å². The molecule has 11 heteroatoms. The van der Waals surface area contributed by atoms with Crippen LogP contribution in [0.4, 0.5) is 14.9 Å². The van der Waals surface area contributed by atoms with Crippen LogP contribution in [0.2, 0.25) is 5.02 Å². The number of aromatic nitrogens is 1. The van der Waals surface area contributed by atoms with Gasteiger partial charge in [0.2, 0.25) is 0 Å². The second-order valence-electron chi connectivity index (χ2n) is 13.5. The largest absolute Gasteiger partial charge is 0.444 e. The first kappa shape index (κ1) is 39.0. The molecule has 1 amide bonds. The van der Waals surface area contributed by atoms with Gasteiger partial charge in [0.05, 0.1) is 30.3 Å². The molecule has 47 heavy (non-hydrogen) atoms. The lowest BCUT2D eigenvalue weighted by Crippen LogP contribution is -2.53. The van der Waals surface area contributed by atoms with Crippen molar-refractivity contribution in [2.45, 2.75) is 110 Å². The quantitative estimate of drug-likeness (QED) is 0.186. The summed E-state index contributed by atoms with van der Waals surface area (Å²) in [6.07, 6.45) is 9.25. The van der Waals surface area contributed by atoms with Gasteiger partial charge in [-0.15, -0.1) is 0 Å². The van der Waals surface area contributed by atoms with E-state index in [1.165, 1.54) is 11.8 Å². The summed E-state index contributed by atoms with van der Waals surface area (Å²) in [6.45, 7) is 14.0. The van der Waals surface area contributed by atoms with Crippen LogP contribution in [0.5, 0.6) is 0 Å². The van der Waals surface area contributed by atoms with Crippen molar-refractivity contribution in [1.29, 1.82) is 0 Å². The number of anilines is 1. The van der Waals surface area contributed by atoms with E-state index in [0.717, 1.165) is 49.3 Å². The molecule has 2 saturated heterocycles. The van der Waals surface area contributed by atoms with Gasteiger partial charge in [-0.25, -0.2) is 13.5 Å². The van der Waals surface area contributed by atoms with Crippen LogP contribution < -0.4 is 5.32 Å². The van der Waals surface area contributed by atoms with E-state index in [4.69, 9.17) is 21.1 Å². The smallest absolute Gasteiger partial charge is 0.410 e. The third-order valence-electron chi connectivity index (χ3n) is 8.49. The zero-order valence-corrected chi connectivity index (χ0v) is 30.7. The van der Waals surface area contributed by atoms with Crippen molar-refractivity contribution in [2.75, 3.05) is 37.8 Å². The van der Waals surface area contributed by atoms with E-state index in [1.807, 2.05) is 57.0 Å². The molecule has 3 heterocycles. The summed E-state index contributed by atoms with van der Waals surface area (Å²) < 4.78 is 28.0. The number of benzene rings is 1. The molecule has 0 bridgehead atoms. The predicted molar refractivity (Wildman–Crippen MR) is 191 cm³/mol. The average molecular weight is 693 g/mol. The summed E-state index contributed by atoms with van der Waals surface area (Å²) in [4.78, 5) is 29.2. The molecule has 2 aliphatic rings. The van der Waals surface area contributed by atoms with Gasteiger partial charge in [0.25, 0.3) is 0 Å². The van der Waals surface area contributed by atoms with Crippen molar-refractivity contribution in [2.24, 2.45) is 5.92 Å². The van der Waals surface area contributed by atoms with Crippen molar-refractivity contribution in [3.63, 3.8) is 0 Å². The van der Waals surface area contributed by atoms with Crippen molar-refractivity contribution in [1.82, 2.24) is 14.2 Å². The van der Waals surface area contributed by atoms with Gasteiger partial charge in [-0.1, -0.05) is 42.6 Å². The first-order valence-corrected chi connectivity index (χ1v) is 18.2. The van der Waals surface area contributed by atoms with Gasteiger partial charge in [0, 0.05) is 55.5 Å². The summed E-state index contributed by atoms with van der Waals surface area (Å²) in [5.74, 6) is 1.53. The lowest BCUT2D eigenvalue weighted by atomic mass is 9.77. The monoisotopic (exact) mass is 692 g/mol. The summed E-state index contributed by atoms with van der Waals surface area (Å²) in [5.41, 5.74) is 2.06. The molecule has 8 nitrogen and oxygen atoms in total. The van der Waals surface area contributed by atoms with Crippen molar-refractivity contribution in [3.05, 3.63) is 58.6 Å². The molecule has 2 aromatic rings. The SMILES string of the molecule is CC1CC(C(CC=O)c2ccc(Cl)cc2)CC(C)O1.CCCSN1CCN(C(=O)OC(C)(C)C)CC1CCc1c(F)cncc1NC. The minimum Gasteiger partial charge on any atom is -0.444 e. The molecule has 4 rings (SSSR count). The first-order chi connectivity index (χ1) is 22.3. The Bertz CT molecular complexity index is 1250. The summed E-state index contributed by atoms with van der Waals surface area (Å²) in [5, 5.41) is 3.75. The van der Waals surface area contributed by atoms with Crippen LogP contribution in [-0.2, 0) is 20.7 Å². The normalized spacial score (nSPS) is 22.5. The molecule has 1 aromatic heterocycles. The predicted octanol–water partition coefficient (Wildman–Crippen LogP) is 8.39. The number of ether oxygens (including phenoxy) is 2. The lowest BCUT2D eigenvalue weighted by molar-refractivity contribution is -0.109. The second kappa shape index (κ2) is 19.0. The second-order valence-corrected chi connectivity index (χ2v) is 15.1. The topological polar surface area (TPSA) is 84.0 Å². The van der Waals surface area contributed by atoms with E-state index < -0.39 is 5.60 Å². The van der Waals surface area contributed by atoms with E-state index in [-0.39, 0.29) is 36.1 Å². The van der Waals surface area contributed by atoms with Crippen LogP contribution in [0.15, 0.2) is 36.7 Å². The maximum atomic E-state index is 14.3. The van der Waals surface area contributed by atoms with Crippen LogP contribution in [-0.4, -0.2) is 82.9 Å². The van der Waals surface area contributed by atoms with E-state index in [2.05, 4.69) is 35.4 Å². The maximum absolute atomic E-state index is 14.3. The first-order valence-electron chi connectivity index (χ1n) is 16.9. The zero-order valence-electron chi connectivity index (χ0n) is 29.1. The minimum atomic E-state index is -0.511. The highest BCUT2D eigenvalue weighted by molar-refractivity contribution is 7.97. The van der Waals surface area contributed by atoms with Crippen LogP contribution in [0.1, 0.15) is 90.7 Å². The molecule has 1 aromatic carbocycles. The van der Waals surface area contributed by atoms with Gasteiger partial charge in [0.1, 0.15) is 17.7 Å². The molecule has 4 atom stereocenters. The Morgan fingerprint density at radius 1 is 1.19 bits per heavy atom. The number of rotatable bonds is 11. The zero-order chi connectivity index (χ0) is 34.6. The molecular formula is C36H54ClFN4O4S. The maximum Gasteiger partial charge on any atom is 0.410 e. The van der Waals surface area contributed by atoms with Crippen LogP contribution in [0.3, 0.4) is 0 Å². The Morgan fingerprint density at radius 3 is 2.47 bits per heavy atom. The number of nitrogens with one attached hydrogen (secondary N) is 1. The summed E-state index contributed by atoms with van der Waals surface area (Å²) in [6, 6.07) is 8.04. The van der Waals surface area contributed by atoms with E-state index in [0.29, 0.717) is 43.1 Å². The third-order valence-corrected chi connectivity index (χ3v) is 10.1. The van der Waals surface area contributed by atoms with Gasteiger partial charge < -0.3 is 24.5 Å². The number of pyridine rings is 1. The molecular weight excluding hydrogens is 639 g/mol. The Kier molecular flexibility index (Phi) is 15.7. The molecule has 0 spiro atoms. The number of hydrogen-bond acceptors (Lipinski definition) is 8. The molecule has 262 valence electrons. The Morgan fingerprint density at radius 2 is 1.87 bits per heavy atom. The Labute approximate surface area is 290 Å². The molecule has 2 fully saturated rings. The number of nitrogens with zero attached hydrogens (tertiary/aromatic N) is 3. The number of carbonyl (C=O) groups excluding carboxylic acids is 2. The van der Waals surface area contributed by atoms with Crippen LogP contribution >= 0.6 is 23.5 Å². The fraction of sp³-hybridized carbons (Fsp3) is 0.639. The number of amides is 1. The molecule has 0 radical (unpaired) electrons. The third kappa shape index (κ3) is 12.5. The molecule has 0 saturated carbocycles. The summed E-state index contributed by atoms with van der Waals surface area (Å²) in [7, 11) is 1.77. The lowest BCUT2D eigenvalue weighted by Gasteiger charge is -2.41. The highest BCUT2D eigenvalue weighted by Gasteiger charge is 2.33. The fourth-order valence-corrected chi connectivity index (χ4v) is 7.52. The van der Waals surface area contributed by atoms with E-state index in [9.17, 15) is 14.0 Å². The summed E-state index contributed by atoms with van der Waals surface area (Å²) >= 11 is 7.75. The Balaban J connectivity index is 0.000000274. The minimum absolute atomic E-state index is 0.148. The van der Waals surface area contributed by atoms with Gasteiger partial charge in [-0.05, 0) is 96.3 Å². The number of carbonyl (C=O) groups is 2. The molecule has 0 aliphatic carbocycles. The van der Waals surface area contributed by atoms with Gasteiger partial charge in [0.15, 0.2) is 0 Å². The number of halogens is 2.